The van der Waals surface area contributed by atoms with Crippen LogP contribution in [0.2, 0.25) is 0 Å². The first-order chi connectivity index (χ1) is 6.36. The summed E-state index contributed by atoms with van der Waals surface area (Å²) in [6.45, 7) is 5.15. The fraction of sp³-hybridized carbons (Fsp3) is 0.500. The molecular formula is C12H19N. The van der Waals surface area contributed by atoms with Crippen molar-refractivity contribution in [3.8, 4) is 0 Å². The van der Waals surface area contributed by atoms with Crippen LogP contribution in [-0.2, 0) is 0 Å². The molecule has 0 fully saturated rings. The first kappa shape index (κ1) is 10.1. The van der Waals surface area contributed by atoms with Crippen LogP contribution in [0.5, 0.6) is 0 Å². The van der Waals surface area contributed by atoms with Crippen molar-refractivity contribution in [2.45, 2.75) is 13.8 Å². The topological polar surface area (TPSA) is 3.24 Å². The highest BCUT2D eigenvalue weighted by Gasteiger charge is 2.19. The van der Waals surface area contributed by atoms with Crippen LogP contribution in [0.15, 0.2) is 36.6 Å². The Balaban J connectivity index is 0.000000396. The fourth-order valence-corrected chi connectivity index (χ4v) is 1.70. The third-order valence-electron chi connectivity index (χ3n) is 2.36. The maximum atomic E-state index is 2.30. The van der Waals surface area contributed by atoms with Crippen LogP contribution in [0.1, 0.15) is 13.8 Å². The zero-order valence-electron chi connectivity index (χ0n) is 8.77. The lowest BCUT2D eigenvalue weighted by Crippen LogP contribution is -2.29. The molecule has 0 saturated carbocycles. The molecule has 2 aliphatic rings. The Morgan fingerprint density at radius 2 is 1.77 bits per heavy atom. The molecule has 0 spiro atoms. The monoisotopic (exact) mass is 177 g/mol. The van der Waals surface area contributed by atoms with E-state index in [0.717, 1.165) is 6.54 Å². The molecule has 2 unspecified atom stereocenters. The van der Waals surface area contributed by atoms with Crippen molar-refractivity contribution in [1.29, 1.82) is 0 Å². The Morgan fingerprint density at radius 1 is 1.08 bits per heavy atom. The second-order valence-electron chi connectivity index (χ2n) is 3.29. The van der Waals surface area contributed by atoms with Gasteiger partial charge in [-0.15, -0.1) is 0 Å². The van der Waals surface area contributed by atoms with Gasteiger partial charge in [-0.25, -0.2) is 0 Å². The molecule has 72 valence electrons. The first-order valence-corrected chi connectivity index (χ1v) is 5.10. The Labute approximate surface area is 81.4 Å². The number of nitrogens with zero attached hydrogens (tertiary/aromatic N) is 1. The van der Waals surface area contributed by atoms with Gasteiger partial charge in [0.15, 0.2) is 0 Å². The van der Waals surface area contributed by atoms with Crippen LogP contribution < -0.4 is 0 Å². The molecule has 0 saturated heterocycles. The Hall–Kier alpha value is -0.980. The van der Waals surface area contributed by atoms with Crippen molar-refractivity contribution in [1.82, 2.24) is 4.90 Å². The highest BCUT2D eigenvalue weighted by Crippen LogP contribution is 2.25. The minimum atomic E-state index is 0.649. The smallest absolute Gasteiger partial charge is 0.0240 e. The predicted molar refractivity (Wildman–Crippen MR) is 58.4 cm³/mol. The molecule has 0 aromatic heterocycles. The van der Waals surface area contributed by atoms with Gasteiger partial charge in [-0.3, -0.25) is 0 Å². The summed E-state index contributed by atoms with van der Waals surface area (Å²) in [7, 11) is 2.12. The van der Waals surface area contributed by atoms with Crippen molar-refractivity contribution < 1.29 is 0 Å². The van der Waals surface area contributed by atoms with E-state index in [9.17, 15) is 0 Å². The zero-order valence-corrected chi connectivity index (χ0v) is 8.77. The second-order valence-corrected chi connectivity index (χ2v) is 3.29. The largest absolute Gasteiger partial charge is 0.380 e. The van der Waals surface area contributed by atoms with Gasteiger partial charge in [0, 0.05) is 25.4 Å². The lowest BCUT2D eigenvalue weighted by atomic mass is 9.86. The molecule has 1 heteroatoms. The van der Waals surface area contributed by atoms with E-state index in [2.05, 4.69) is 48.5 Å². The first-order valence-electron chi connectivity index (χ1n) is 5.10. The molecule has 1 nitrogen and oxygen atoms in total. The van der Waals surface area contributed by atoms with Gasteiger partial charge in [-0.2, -0.15) is 0 Å². The number of hydrogen-bond acceptors (Lipinski definition) is 1. The van der Waals surface area contributed by atoms with Gasteiger partial charge in [0.1, 0.15) is 0 Å². The quantitative estimate of drug-likeness (QED) is 0.550. The lowest BCUT2D eigenvalue weighted by molar-refractivity contribution is 0.338. The number of hydrogen-bond donors (Lipinski definition) is 0. The van der Waals surface area contributed by atoms with Gasteiger partial charge in [0.25, 0.3) is 0 Å². The van der Waals surface area contributed by atoms with E-state index in [4.69, 9.17) is 0 Å². The molecule has 13 heavy (non-hydrogen) atoms. The highest BCUT2D eigenvalue weighted by molar-refractivity contribution is 5.20. The normalized spacial score (nSPS) is 29.3. The average molecular weight is 177 g/mol. The minimum Gasteiger partial charge on any atom is -0.380 e. The van der Waals surface area contributed by atoms with Crippen LogP contribution in [0.25, 0.3) is 0 Å². The van der Waals surface area contributed by atoms with Crippen LogP contribution in [-0.4, -0.2) is 18.5 Å². The lowest BCUT2D eigenvalue weighted by Gasteiger charge is -2.30. The van der Waals surface area contributed by atoms with Crippen LogP contribution in [0, 0.1) is 11.8 Å². The van der Waals surface area contributed by atoms with Crippen LogP contribution >= 0.6 is 0 Å². The van der Waals surface area contributed by atoms with Gasteiger partial charge in [0.2, 0.25) is 0 Å². The molecule has 0 amide bonds. The van der Waals surface area contributed by atoms with E-state index in [1.54, 1.807) is 0 Å². The molecule has 0 radical (unpaired) electrons. The third kappa shape index (κ3) is 2.48. The third-order valence-corrected chi connectivity index (χ3v) is 2.36. The Bertz CT molecular complexity index is 225. The molecule has 2 rings (SSSR count). The molecule has 1 aliphatic heterocycles. The van der Waals surface area contributed by atoms with Crippen molar-refractivity contribution in [2.24, 2.45) is 11.8 Å². The minimum absolute atomic E-state index is 0.649. The van der Waals surface area contributed by atoms with Crippen molar-refractivity contribution in [3.63, 3.8) is 0 Å². The van der Waals surface area contributed by atoms with Crippen LogP contribution in [0.3, 0.4) is 0 Å². The summed E-state index contributed by atoms with van der Waals surface area (Å²) in [5.74, 6) is 1.35. The maximum Gasteiger partial charge on any atom is 0.0240 e. The molecule has 0 aromatic carbocycles. The molecule has 0 bridgehead atoms. The van der Waals surface area contributed by atoms with Crippen LogP contribution in [0.4, 0.5) is 0 Å². The standard InChI is InChI=1S/C10H13N.C2H6/c1-11-7-6-9-4-2-3-5-10(9)8-11;1-2/h2-7,9-10H,8H2,1H3;1-2H3. The van der Waals surface area contributed by atoms with E-state index in [1.807, 2.05) is 13.8 Å². The van der Waals surface area contributed by atoms with E-state index in [-0.39, 0.29) is 0 Å². The van der Waals surface area contributed by atoms with Crippen molar-refractivity contribution >= 4 is 0 Å². The van der Waals surface area contributed by atoms with Gasteiger partial charge >= 0.3 is 0 Å². The van der Waals surface area contributed by atoms with Crippen molar-refractivity contribution in [2.75, 3.05) is 13.6 Å². The summed E-state index contributed by atoms with van der Waals surface area (Å²) in [6, 6.07) is 0. The molecule has 0 N–H and O–H groups in total. The van der Waals surface area contributed by atoms with Crippen molar-refractivity contribution in [3.05, 3.63) is 36.6 Å². The SMILES string of the molecule is CC.CN1C=CC2C=CC=CC2C1. The average Bonchev–Trinajstić information content (AvgIpc) is 2.21. The van der Waals surface area contributed by atoms with Gasteiger partial charge in [-0.1, -0.05) is 44.2 Å². The summed E-state index contributed by atoms with van der Waals surface area (Å²) in [6.07, 6.45) is 13.3. The van der Waals surface area contributed by atoms with Gasteiger partial charge in [-0.05, 0) is 6.20 Å². The molecular weight excluding hydrogens is 158 g/mol. The highest BCUT2D eigenvalue weighted by atomic mass is 15.1. The predicted octanol–water partition coefficient (Wildman–Crippen LogP) is 2.83. The van der Waals surface area contributed by atoms with E-state index in [1.165, 1.54) is 0 Å². The molecule has 1 heterocycles. The zero-order chi connectivity index (χ0) is 9.68. The number of fused-ring (bicyclic) bond motifs is 1. The number of rotatable bonds is 0. The Morgan fingerprint density at radius 3 is 2.54 bits per heavy atom. The summed E-state index contributed by atoms with van der Waals surface area (Å²) >= 11 is 0. The summed E-state index contributed by atoms with van der Waals surface area (Å²) in [5.41, 5.74) is 0. The fourth-order valence-electron chi connectivity index (χ4n) is 1.70. The van der Waals surface area contributed by atoms with Gasteiger partial charge in [0.05, 0.1) is 0 Å². The molecule has 2 atom stereocenters. The summed E-state index contributed by atoms with van der Waals surface area (Å²) in [4.78, 5) is 2.24. The van der Waals surface area contributed by atoms with E-state index in [0.29, 0.717) is 11.8 Å². The van der Waals surface area contributed by atoms with E-state index >= 15 is 0 Å². The Kier molecular flexibility index (Phi) is 3.81. The summed E-state index contributed by atoms with van der Waals surface area (Å²) < 4.78 is 0. The molecule has 1 aliphatic carbocycles. The van der Waals surface area contributed by atoms with E-state index < -0.39 is 0 Å². The second kappa shape index (κ2) is 4.90. The van der Waals surface area contributed by atoms with Gasteiger partial charge < -0.3 is 4.90 Å². The summed E-state index contributed by atoms with van der Waals surface area (Å²) in [5, 5.41) is 0. The molecule has 0 aromatic rings. The number of allylic oxidation sites excluding steroid dienone is 4. The maximum absolute atomic E-state index is 2.30.